The largest absolute Gasteiger partial charge is 0.506 e. The summed E-state index contributed by atoms with van der Waals surface area (Å²) in [4.78, 5) is 0. The first-order chi connectivity index (χ1) is 8.58. The van der Waals surface area contributed by atoms with Gasteiger partial charge in [-0.3, -0.25) is 0 Å². The van der Waals surface area contributed by atoms with E-state index in [1.54, 1.807) is 12.2 Å². The highest BCUT2D eigenvalue weighted by Crippen LogP contribution is 2.35. The number of hydrogen-bond donors (Lipinski definition) is 3. The van der Waals surface area contributed by atoms with Gasteiger partial charge < -0.3 is 15.9 Å². The molecule has 1 aromatic rings. The molecule has 0 aromatic heterocycles. The number of nitrogen functional groups attached to an aromatic ring is 1. The lowest BCUT2D eigenvalue weighted by Gasteiger charge is -2.02. The maximum Gasteiger partial charge on any atom is 0.146 e. The van der Waals surface area contributed by atoms with E-state index in [4.69, 9.17) is 5.73 Å². The van der Waals surface area contributed by atoms with Crippen molar-refractivity contribution in [1.29, 1.82) is 0 Å². The normalized spacial score (nSPS) is 12.4. The van der Waals surface area contributed by atoms with Crippen molar-refractivity contribution in [3.05, 3.63) is 48.7 Å². The molecular weight excluding hydrogens is 230 g/mol. The Morgan fingerprint density at radius 3 is 2.67 bits per heavy atom. The second-order valence-corrected chi connectivity index (χ2v) is 3.42. The van der Waals surface area contributed by atoms with Crippen LogP contribution >= 0.6 is 0 Å². The van der Waals surface area contributed by atoms with Crippen LogP contribution in [0.1, 0.15) is 6.92 Å². The van der Waals surface area contributed by atoms with E-state index >= 15 is 0 Å². The van der Waals surface area contributed by atoms with Crippen LogP contribution in [0.3, 0.4) is 0 Å². The maximum atomic E-state index is 9.55. The minimum Gasteiger partial charge on any atom is -0.506 e. The molecule has 0 aliphatic carbocycles. The number of nitrogens with zero attached hydrogens (tertiary/aromatic N) is 2. The van der Waals surface area contributed by atoms with Crippen LogP contribution in [0.2, 0.25) is 0 Å². The summed E-state index contributed by atoms with van der Waals surface area (Å²) in [5, 5.41) is 26.6. The van der Waals surface area contributed by atoms with Crippen LogP contribution in [0, 0.1) is 0 Å². The van der Waals surface area contributed by atoms with Gasteiger partial charge in [0, 0.05) is 6.07 Å². The fourth-order valence-electron chi connectivity index (χ4n) is 1.11. The highest BCUT2D eigenvalue weighted by Gasteiger charge is 2.05. The number of phenols is 2. The Hall–Kier alpha value is -2.56. The van der Waals surface area contributed by atoms with Crippen LogP contribution in [0.4, 0.5) is 11.4 Å². The second kappa shape index (κ2) is 6.24. The zero-order valence-electron chi connectivity index (χ0n) is 10.0. The van der Waals surface area contributed by atoms with Crippen LogP contribution in [-0.2, 0) is 0 Å². The molecule has 0 aliphatic rings. The number of phenolic OH excluding ortho intramolecular Hbond substituents is 2. The summed E-state index contributed by atoms with van der Waals surface area (Å²) in [6.45, 7) is 5.47. The van der Waals surface area contributed by atoms with E-state index in [2.05, 4.69) is 16.8 Å². The van der Waals surface area contributed by atoms with Crippen molar-refractivity contribution in [3.63, 3.8) is 0 Å². The van der Waals surface area contributed by atoms with Gasteiger partial charge in [0.15, 0.2) is 0 Å². The van der Waals surface area contributed by atoms with Gasteiger partial charge in [0.2, 0.25) is 0 Å². The van der Waals surface area contributed by atoms with E-state index in [1.165, 1.54) is 12.1 Å². The molecule has 0 amide bonds. The molecule has 0 saturated carbocycles. The van der Waals surface area contributed by atoms with Gasteiger partial charge in [0.1, 0.15) is 17.2 Å². The highest BCUT2D eigenvalue weighted by molar-refractivity contribution is 5.66. The Labute approximate surface area is 105 Å². The number of nitrogens with two attached hydrogens (primary N) is 1. The molecule has 0 spiro atoms. The van der Waals surface area contributed by atoms with Crippen LogP contribution in [0.15, 0.2) is 58.9 Å². The zero-order valence-corrected chi connectivity index (χ0v) is 10.0. The van der Waals surface area contributed by atoms with Gasteiger partial charge in [-0.2, -0.15) is 5.11 Å². The van der Waals surface area contributed by atoms with E-state index in [0.29, 0.717) is 5.70 Å². The number of benzene rings is 1. The standard InChI is InChI=1S/C13H15N3O2/c1-3-5-6-9(4-2)15-16-11-7-10(14)12(17)8-13(11)18/h3-8,17-18H,2,14H2,1H3/b5-3-,9-6+,16-15+. The molecule has 94 valence electrons. The Morgan fingerprint density at radius 2 is 2.06 bits per heavy atom. The smallest absolute Gasteiger partial charge is 0.146 e. The summed E-state index contributed by atoms with van der Waals surface area (Å²) in [7, 11) is 0. The van der Waals surface area contributed by atoms with Gasteiger partial charge in [-0.25, -0.2) is 0 Å². The van der Waals surface area contributed by atoms with Crippen molar-refractivity contribution < 1.29 is 10.2 Å². The molecule has 0 fully saturated rings. The monoisotopic (exact) mass is 245 g/mol. The Bertz CT molecular complexity index is 531. The minimum atomic E-state index is -0.195. The molecule has 4 N–H and O–H groups in total. The van der Waals surface area contributed by atoms with E-state index in [-0.39, 0.29) is 22.9 Å². The Kier molecular flexibility index (Phi) is 4.68. The number of hydrogen-bond acceptors (Lipinski definition) is 5. The summed E-state index contributed by atoms with van der Waals surface area (Å²) in [6, 6.07) is 2.46. The number of allylic oxidation sites excluding steroid dienone is 4. The van der Waals surface area contributed by atoms with Crippen molar-refractivity contribution in [3.8, 4) is 11.5 Å². The lowest BCUT2D eigenvalue weighted by molar-refractivity contribution is 0.453. The molecule has 0 aliphatic heterocycles. The number of anilines is 1. The molecular formula is C13H15N3O2. The van der Waals surface area contributed by atoms with Gasteiger partial charge in [-0.1, -0.05) is 18.7 Å². The molecule has 0 saturated heterocycles. The number of azo groups is 1. The Morgan fingerprint density at radius 1 is 1.33 bits per heavy atom. The highest BCUT2D eigenvalue weighted by atomic mass is 16.3. The molecule has 0 bridgehead atoms. The topological polar surface area (TPSA) is 91.2 Å². The summed E-state index contributed by atoms with van der Waals surface area (Å²) < 4.78 is 0. The van der Waals surface area contributed by atoms with E-state index in [0.717, 1.165) is 6.07 Å². The van der Waals surface area contributed by atoms with Gasteiger partial charge in [0.25, 0.3) is 0 Å². The predicted molar refractivity (Wildman–Crippen MR) is 71.8 cm³/mol. The van der Waals surface area contributed by atoms with Gasteiger partial charge in [0.05, 0.1) is 11.4 Å². The van der Waals surface area contributed by atoms with Gasteiger partial charge in [-0.15, -0.1) is 5.11 Å². The zero-order chi connectivity index (χ0) is 13.5. The lowest BCUT2D eigenvalue weighted by Crippen LogP contribution is -1.84. The Balaban J connectivity index is 3.03. The molecule has 5 heteroatoms. The summed E-state index contributed by atoms with van der Waals surface area (Å²) in [5.74, 6) is -0.389. The van der Waals surface area contributed by atoms with Crippen LogP contribution in [-0.4, -0.2) is 10.2 Å². The van der Waals surface area contributed by atoms with Gasteiger partial charge in [-0.05, 0) is 25.1 Å². The number of rotatable bonds is 4. The molecule has 0 unspecified atom stereocenters. The fraction of sp³-hybridized carbons (Fsp3) is 0.0769. The van der Waals surface area contributed by atoms with Crippen molar-refractivity contribution >= 4 is 11.4 Å². The van der Waals surface area contributed by atoms with E-state index in [1.807, 2.05) is 13.0 Å². The third-order valence-corrected chi connectivity index (χ3v) is 2.07. The first kappa shape index (κ1) is 13.5. The number of aromatic hydroxyl groups is 2. The molecule has 0 radical (unpaired) electrons. The fourth-order valence-corrected chi connectivity index (χ4v) is 1.11. The third-order valence-electron chi connectivity index (χ3n) is 2.07. The molecule has 18 heavy (non-hydrogen) atoms. The molecule has 0 heterocycles. The summed E-state index contributed by atoms with van der Waals surface area (Å²) in [6.07, 6.45) is 6.89. The van der Waals surface area contributed by atoms with Crippen molar-refractivity contribution in [2.75, 3.05) is 5.73 Å². The van der Waals surface area contributed by atoms with Crippen molar-refractivity contribution in [2.24, 2.45) is 10.2 Å². The predicted octanol–water partition coefficient (Wildman–Crippen LogP) is 3.41. The molecule has 0 atom stereocenters. The quantitative estimate of drug-likeness (QED) is 0.249. The third kappa shape index (κ3) is 3.48. The minimum absolute atomic E-state index is 0.124. The van der Waals surface area contributed by atoms with E-state index in [9.17, 15) is 10.2 Å². The first-order valence-electron chi connectivity index (χ1n) is 5.27. The van der Waals surface area contributed by atoms with Crippen LogP contribution < -0.4 is 5.73 Å². The van der Waals surface area contributed by atoms with Crippen molar-refractivity contribution in [1.82, 2.24) is 0 Å². The molecule has 1 rings (SSSR count). The summed E-state index contributed by atoms with van der Waals surface area (Å²) >= 11 is 0. The van der Waals surface area contributed by atoms with Crippen LogP contribution in [0.5, 0.6) is 11.5 Å². The second-order valence-electron chi connectivity index (χ2n) is 3.42. The SMILES string of the molecule is C=CC(=C\C=C/C)/N=N/c1cc(N)c(O)cc1O. The first-order valence-corrected chi connectivity index (χ1v) is 5.27. The van der Waals surface area contributed by atoms with E-state index < -0.39 is 0 Å². The lowest BCUT2D eigenvalue weighted by atomic mass is 10.2. The van der Waals surface area contributed by atoms with Crippen LogP contribution in [0.25, 0.3) is 0 Å². The maximum absolute atomic E-state index is 9.55. The molecule has 1 aromatic carbocycles. The average Bonchev–Trinajstić information content (AvgIpc) is 2.35. The van der Waals surface area contributed by atoms with Gasteiger partial charge >= 0.3 is 0 Å². The molecule has 5 nitrogen and oxygen atoms in total. The summed E-state index contributed by atoms with van der Waals surface area (Å²) in [5.41, 5.74) is 6.34. The average molecular weight is 245 g/mol. The van der Waals surface area contributed by atoms with Crippen molar-refractivity contribution in [2.45, 2.75) is 6.92 Å².